The maximum absolute atomic E-state index is 10.9. The molecule has 1 N–H and O–H groups in total. The lowest BCUT2D eigenvalue weighted by Gasteiger charge is -2.12. The Morgan fingerprint density at radius 3 is 2.33 bits per heavy atom. The van der Waals surface area contributed by atoms with Crippen LogP contribution in [0.3, 0.4) is 0 Å². The first-order valence-corrected chi connectivity index (χ1v) is 6.36. The van der Waals surface area contributed by atoms with Crippen LogP contribution in [-0.4, -0.2) is 34.0 Å². The van der Waals surface area contributed by atoms with Gasteiger partial charge in [0.2, 0.25) is 0 Å². The van der Waals surface area contributed by atoms with Gasteiger partial charge in [0.15, 0.2) is 0 Å². The van der Waals surface area contributed by atoms with Crippen molar-refractivity contribution in [1.82, 2.24) is 5.32 Å². The molecule has 0 aromatic rings. The van der Waals surface area contributed by atoms with Gasteiger partial charge in [-0.05, 0) is 31.7 Å². The summed E-state index contributed by atoms with van der Waals surface area (Å²) in [5.74, 6) is 0.342. The molecule has 1 fully saturated rings. The Balaban J connectivity index is 2.32. The SMILES string of the molecule is CNCC1(CCS(C)(=O)=O)CC1. The molecule has 12 heavy (non-hydrogen) atoms. The summed E-state index contributed by atoms with van der Waals surface area (Å²) in [7, 11) is -0.846. The van der Waals surface area contributed by atoms with Gasteiger partial charge in [0.25, 0.3) is 0 Å². The molecule has 0 aromatic carbocycles. The highest BCUT2D eigenvalue weighted by Crippen LogP contribution is 2.48. The van der Waals surface area contributed by atoms with Crippen LogP contribution in [0.15, 0.2) is 0 Å². The molecule has 4 heteroatoms. The molecule has 0 radical (unpaired) electrons. The molecule has 0 spiro atoms. The van der Waals surface area contributed by atoms with E-state index in [1.807, 2.05) is 7.05 Å². The molecule has 0 aliphatic heterocycles. The topological polar surface area (TPSA) is 46.2 Å². The molecule has 0 aromatic heterocycles. The van der Waals surface area contributed by atoms with Crippen molar-refractivity contribution < 1.29 is 8.42 Å². The highest BCUT2D eigenvalue weighted by Gasteiger charge is 2.41. The number of rotatable bonds is 5. The lowest BCUT2D eigenvalue weighted by molar-refractivity contribution is 0.463. The third-order valence-corrected chi connectivity index (χ3v) is 3.46. The monoisotopic (exact) mass is 191 g/mol. The van der Waals surface area contributed by atoms with E-state index in [1.165, 1.54) is 19.1 Å². The van der Waals surface area contributed by atoms with Crippen molar-refractivity contribution in [1.29, 1.82) is 0 Å². The summed E-state index contributed by atoms with van der Waals surface area (Å²) in [5, 5.41) is 3.11. The van der Waals surface area contributed by atoms with Gasteiger partial charge >= 0.3 is 0 Å². The fraction of sp³-hybridized carbons (Fsp3) is 1.00. The van der Waals surface area contributed by atoms with E-state index in [-0.39, 0.29) is 0 Å². The Morgan fingerprint density at radius 1 is 1.42 bits per heavy atom. The quantitative estimate of drug-likeness (QED) is 0.685. The molecule has 1 aliphatic rings. The van der Waals surface area contributed by atoms with Crippen LogP contribution in [-0.2, 0) is 9.84 Å². The number of sulfone groups is 1. The number of nitrogens with one attached hydrogen (secondary N) is 1. The first kappa shape index (κ1) is 9.99. The third-order valence-electron chi connectivity index (χ3n) is 2.51. The highest BCUT2D eigenvalue weighted by molar-refractivity contribution is 7.90. The van der Waals surface area contributed by atoms with Crippen LogP contribution in [0, 0.1) is 5.41 Å². The second kappa shape index (κ2) is 3.34. The van der Waals surface area contributed by atoms with Crippen LogP contribution >= 0.6 is 0 Å². The molecule has 1 rings (SSSR count). The normalized spacial score (nSPS) is 20.8. The summed E-state index contributed by atoms with van der Waals surface area (Å²) in [4.78, 5) is 0. The molecule has 0 heterocycles. The van der Waals surface area contributed by atoms with Crippen molar-refractivity contribution in [3.63, 3.8) is 0 Å². The average molecular weight is 191 g/mol. The van der Waals surface area contributed by atoms with Crippen LogP contribution in [0.1, 0.15) is 19.3 Å². The zero-order valence-corrected chi connectivity index (χ0v) is 8.58. The van der Waals surface area contributed by atoms with Crippen LogP contribution in [0.5, 0.6) is 0 Å². The van der Waals surface area contributed by atoms with Gasteiger partial charge < -0.3 is 5.32 Å². The fourth-order valence-electron chi connectivity index (χ4n) is 1.47. The van der Waals surface area contributed by atoms with E-state index in [9.17, 15) is 8.42 Å². The van der Waals surface area contributed by atoms with E-state index >= 15 is 0 Å². The molecule has 1 saturated carbocycles. The molecule has 3 nitrogen and oxygen atoms in total. The molecular formula is C8H17NO2S. The smallest absolute Gasteiger partial charge is 0.147 e. The lowest BCUT2D eigenvalue weighted by Crippen LogP contribution is -2.22. The summed E-state index contributed by atoms with van der Waals surface area (Å²) in [6.45, 7) is 0.961. The first-order chi connectivity index (χ1) is 5.47. The van der Waals surface area contributed by atoms with E-state index < -0.39 is 9.84 Å². The van der Waals surface area contributed by atoms with Gasteiger partial charge in [-0.3, -0.25) is 0 Å². The fourth-order valence-corrected chi connectivity index (χ4v) is 2.27. The minimum Gasteiger partial charge on any atom is -0.319 e. The van der Waals surface area contributed by atoms with Gasteiger partial charge in [-0.2, -0.15) is 0 Å². The Labute approximate surface area is 74.5 Å². The Morgan fingerprint density at radius 2 is 2.00 bits per heavy atom. The first-order valence-electron chi connectivity index (χ1n) is 4.30. The van der Waals surface area contributed by atoms with E-state index in [0.717, 1.165) is 13.0 Å². The predicted molar refractivity (Wildman–Crippen MR) is 49.9 cm³/mol. The maximum Gasteiger partial charge on any atom is 0.147 e. The van der Waals surface area contributed by atoms with Gasteiger partial charge in [0.05, 0.1) is 5.75 Å². The summed E-state index contributed by atoms with van der Waals surface area (Å²) in [6.07, 6.45) is 4.50. The molecule has 72 valence electrons. The van der Waals surface area contributed by atoms with E-state index in [0.29, 0.717) is 11.2 Å². The molecule has 0 atom stereocenters. The van der Waals surface area contributed by atoms with Gasteiger partial charge in [0.1, 0.15) is 9.84 Å². The second-order valence-electron chi connectivity index (χ2n) is 3.91. The van der Waals surface area contributed by atoms with Crippen LogP contribution in [0.25, 0.3) is 0 Å². The van der Waals surface area contributed by atoms with Crippen LogP contribution in [0.2, 0.25) is 0 Å². The minimum absolute atomic E-state index is 0.317. The van der Waals surface area contributed by atoms with Crippen molar-refractivity contribution >= 4 is 9.84 Å². The molecular weight excluding hydrogens is 174 g/mol. The van der Waals surface area contributed by atoms with Gasteiger partial charge in [-0.15, -0.1) is 0 Å². The summed E-state index contributed by atoms with van der Waals surface area (Å²) in [6, 6.07) is 0. The number of hydrogen-bond donors (Lipinski definition) is 1. The Kier molecular flexibility index (Phi) is 2.78. The largest absolute Gasteiger partial charge is 0.319 e. The summed E-state index contributed by atoms with van der Waals surface area (Å²) < 4.78 is 21.8. The van der Waals surface area contributed by atoms with Gasteiger partial charge in [0, 0.05) is 12.8 Å². The zero-order valence-electron chi connectivity index (χ0n) is 7.76. The third kappa shape index (κ3) is 3.11. The van der Waals surface area contributed by atoms with Gasteiger partial charge in [-0.25, -0.2) is 8.42 Å². The Bertz CT molecular complexity index is 242. The molecule has 0 unspecified atom stereocenters. The van der Waals surface area contributed by atoms with E-state index in [1.54, 1.807) is 0 Å². The van der Waals surface area contributed by atoms with E-state index in [4.69, 9.17) is 0 Å². The Hall–Kier alpha value is -0.0900. The zero-order chi connectivity index (χ0) is 9.24. The highest BCUT2D eigenvalue weighted by atomic mass is 32.2. The molecule has 1 aliphatic carbocycles. The summed E-state index contributed by atoms with van der Waals surface area (Å²) >= 11 is 0. The number of hydrogen-bond acceptors (Lipinski definition) is 3. The maximum atomic E-state index is 10.9. The standard InChI is InChI=1S/C8H17NO2S/c1-9-7-8(3-4-8)5-6-12(2,10)11/h9H,3-7H2,1-2H3. The van der Waals surface area contributed by atoms with E-state index in [2.05, 4.69) is 5.32 Å². The van der Waals surface area contributed by atoms with Crippen molar-refractivity contribution in [3.05, 3.63) is 0 Å². The van der Waals surface area contributed by atoms with Crippen molar-refractivity contribution in [2.45, 2.75) is 19.3 Å². The second-order valence-corrected chi connectivity index (χ2v) is 6.17. The average Bonchev–Trinajstić information content (AvgIpc) is 2.65. The minimum atomic E-state index is -2.76. The molecule has 0 amide bonds. The van der Waals surface area contributed by atoms with Crippen LogP contribution in [0.4, 0.5) is 0 Å². The molecule has 0 bridgehead atoms. The lowest BCUT2D eigenvalue weighted by atomic mass is 10.0. The van der Waals surface area contributed by atoms with Crippen molar-refractivity contribution in [2.75, 3.05) is 25.6 Å². The van der Waals surface area contributed by atoms with Crippen molar-refractivity contribution in [2.24, 2.45) is 5.41 Å². The van der Waals surface area contributed by atoms with Crippen molar-refractivity contribution in [3.8, 4) is 0 Å². The van der Waals surface area contributed by atoms with Crippen LogP contribution < -0.4 is 5.32 Å². The summed E-state index contributed by atoms with van der Waals surface area (Å²) in [5.41, 5.74) is 0.317. The van der Waals surface area contributed by atoms with Gasteiger partial charge in [-0.1, -0.05) is 0 Å². The predicted octanol–water partition coefficient (Wildman–Crippen LogP) is 0.421. The molecule has 0 saturated heterocycles.